The van der Waals surface area contributed by atoms with Gasteiger partial charge in [0.1, 0.15) is 0 Å². The van der Waals surface area contributed by atoms with E-state index in [9.17, 15) is 4.79 Å². The lowest BCUT2D eigenvalue weighted by Gasteiger charge is -2.26. The topological polar surface area (TPSA) is 66.8 Å². The molecule has 0 aliphatic carbocycles. The zero-order chi connectivity index (χ0) is 15.1. The second-order valence-corrected chi connectivity index (χ2v) is 7.06. The Morgan fingerprint density at radius 3 is 2.71 bits per heavy atom. The van der Waals surface area contributed by atoms with Gasteiger partial charge in [-0.05, 0) is 49.7 Å². The molecule has 0 saturated carbocycles. The highest BCUT2D eigenvalue weighted by Gasteiger charge is 2.47. The van der Waals surface area contributed by atoms with Crippen molar-refractivity contribution < 1.29 is 19.7 Å². The minimum atomic E-state index is -0.717. The third-order valence-corrected chi connectivity index (χ3v) is 5.56. The fourth-order valence-electron chi connectivity index (χ4n) is 3.45. The first-order valence-electron chi connectivity index (χ1n) is 7.93. The van der Waals surface area contributed by atoms with E-state index in [2.05, 4.69) is 12.2 Å². The number of hydrogen-bond donors (Lipinski definition) is 2. The Kier molecular flexibility index (Phi) is 7.07. The molecule has 21 heavy (non-hydrogen) atoms. The lowest BCUT2D eigenvalue weighted by molar-refractivity contribution is -0.137. The van der Waals surface area contributed by atoms with Crippen LogP contribution in [0.5, 0.6) is 0 Å². The highest BCUT2D eigenvalue weighted by molar-refractivity contribution is 7.99. The van der Waals surface area contributed by atoms with Gasteiger partial charge in [-0.3, -0.25) is 4.79 Å². The average molecular weight is 314 g/mol. The number of aliphatic carboxylic acids is 1. The molecule has 0 aromatic heterocycles. The van der Waals surface area contributed by atoms with E-state index in [1.54, 1.807) is 0 Å². The molecule has 2 rings (SSSR count). The van der Waals surface area contributed by atoms with Crippen LogP contribution in [0.4, 0.5) is 0 Å². The monoisotopic (exact) mass is 314 g/mol. The Balaban J connectivity index is 1.72. The van der Waals surface area contributed by atoms with Gasteiger partial charge in [0.15, 0.2) is 0 Å². The number of carboxylic acid groups (broad SMARTS) is 1. The maximum absolute atomic E-state index is 10.4. The molecule has 0 aromatic carbocycles. The van der Waals surface area contributed by atoms with Crippen LogP contribution in [0, 0.1) is 11.8 Å². The van der Waals surface area contributed by atoms with Crippen LogP contribution >= 0.6 is 11.8 Å². The van der Waals surface area contributed by atoms with E-state index in [1.807, 2.05) is 11.8 Å². The minimum absolute atomic E-state index is 0.250. The fraction of sp³-hybridized carbons (Fsp3) is 0.812. The van der Waals surface area contributed by atoms with Gasteiger partial charge in [0.05, 0.1) is 18.8 Å². The summed E-state index contributed by atoms with van der Waals surface area (Å²) >= 11 is 1.83. The van der Waals surface area contributed by atoms with Crippen LogP contribution in [0.15, 0.2) is 12.2 Å². The molecule has 2 heterocycles. The smallest absolute Gasteiger partial charge is 0.303 e. The number of thioether (sulfide) groups is 1. The highest BCUT2D eigenvalue weighted by atomic mass is 32.2. The van der Waals surface area contributed by atoms with Crippen molar-refractivity contribution in [2.75, 3.05) is 18.1 Å². The molecular formula is C16H26O4S. The van der Waals surface area contributed by atoms with Gasteiger partial charge >= 0.3 is 5.97 Å². The van der Waals surface area contributed by atoms with Crippen molar-refractivity contribution >= 4 is 17.7 Å². The van der Waals surface area contributed by atoms with Crippen LogP contribution in [-0.2, 0) is 9.53 Å². The molecule has 2 aliphatic rings. The minimum Gasteiger partial charge on any atom is -0.481 e. The molecule has 5 heteroatoms. The fourth-order valence-corrected chi connectivity index (χ4v) is 4.48. The van der Waals surface area contributed by atoms with E-state index < -0.39 is 5.97 Å². The number of hydrogen-bond acceptors (Lipinski definition) is 4. The molecule has 0 unspecified atom stereocenters. The quantitative estimate of drug-likeness (QED) is 0.479. The maximum Gasteiger partial charge on any atom is 0.303 e. The standard InChI is InChI=1S/C16H26O4S/c17-9-10-21-11-13-12(14-7-8-15(13)20-14)5-3-1-2-4-6-16(18)19/h1,3,12-15,17H,2,4-11H2,(H,18,19)/b3-1-/t12-,13-,14-,15+/m1/s1. The predicted molar refractivity (Wildman–Crippen MR) is 84.5 cm³/mol. The second kappa shape index (κ2) is 8.81. The van der Waals surface area contributed by atoms with Gasteiger partial charge in [-0.2, -0.15) is 11.8 Å². The van der Waals surface area contributed by atoms with Crippen LogP contribution in [0.2, 0.25) is 0 Å². The van der Waals surface area contributed by atoms with Gasteiger partial charge in [0, 0.05) is 12.2 Å². The van der Waals surface area contributed by atoms with Crippen molar-refractivity contribution in [1.82, 2.24) is 0 Å². The number of ether oxygens (including phenoxy) is 1. The zero-order valence-corrected chi connectivity index (χ0v) is 13.3. The molecule has 4 atom stereocenters. The summed E-state index contributed by atoms with van der Waals surface area (Å²) < 4.78 is 6.05. The third kappa shape index (κ3) is 5.01. The second-order valence-electron chi connectivity index (χ2n) is 5.91. The number of unbranched alkanes of at least 4 members (excludes halogenated alkanes) is 1. The molecule has 2 N–H and O–H groups in total. The van der Waals surface area contributed by atoms with Crippen molar-refractivity contribution in [2.24, 2.45) is 11.8 Å². The Morgan fingerprint density at radius 2 is 2.00 bits per heavy atom. The van der Waals surface area contributed by atoms with Crippen LogP contribution < -0.4 is 0 Å². The summed E-state index contributed by atoms with van der Waals surface area (Å²) in [4.78, 5) is 10.4. The summed E-state index contributed by atoms with van der Waals surface area (Å²) in [5, 5.41) is 17.5. The van der Waals surface area contributed by atoms with E-state index in [-0.39, 0.29) is 13.0 Å². The lowest BCUT2D eigenvalue weighted by Crippen LogP contribution is -2.28. The Labute approximate surface area is 130 Å². The summed E-state index contributed by atoms with van der Waals surface area (Å²) in [5.41, 5.74) is 0. The van der Waals surface area contributed by atoms with Gasteiger partial charge in [-0.1, -0.05) is 12.2 Å². The van der Waals surface area contributed by atoms with Crippen LogP contribution in [0.1, 0.15) is 38.5 Å². The van der Waals surface area contributed by atoms with E-state index in [0.29, 0.717) is 24.0 Å². The number of carboxylic acids is 1. The average Bonchev–Trinajstić information content (AvgIpc) is 3.04. The molecule has 4 nitrogen and oxygen atoms in total. The summed E-state index contributed by atoms with van der Waals surface area (Å²) in [5.74, 6) is 2.39. The Morgan fingerprint density at radius 1 is 1.24 bits per heavy atom. The van der Waals surface area contributed by atoms with Crippen molar-refractivity contribution in [3.05, 3.63) is 12.2 Å². The molecule has 2 aliphatic heterocycles. The molecule has 2 saturated heterocycles. The van der Waals surface area contributed by atoms with Gasteiger partial charge < -0.3 is 14.9 Å². The molecule has 120 valence electrons. The summed E-state index contributed by atoms with van der Waals surface area (Å²) in [6, 6.07) is 0. The van der Waals surface area contributed by atoms with Gasteiger partial charge in [-0.25, -0.2) is 0 Å². The third-order valence-electron chi connectivity index (χ3n) is 4.47. The molecule has 0 radical (unpaired) electrons. The number of fused-ring (bicyclic) bond motifs is 2. The van der Waals surface area contributed by atoms with Gasteiger partial charge in [-0.15, -0.1) is 0 Å². The summed E-state index contributed by atoms with van der Waals surface area (Å²) in [6.07, 6.45) is 10.4. The Hall–Kier alpha value is -0.520. The van der Waals surface area contributed by atoms with E-state index in [0.717, 1.165) is 30.8 Å². The number of aliphatic hydroxyl groups is 1. The van der Waals surface area contributed by atoms with E-state index in [4.69, 9.17) is 14.9 Å². The number of aliphatic hydroxyl groups excluding tert-OH is 1. The van der Waals surface area contributed by atoms with Gasteiger partial charge in [0.25, 0.3) is 0 Å². The Bertz CT molecular complexity index is 358. The van der Waals surface area contributed by atoms with E-state index >= 15 is 0 Å². The predicted octanol–water partition coefficient (Wildman–Crippen LogP) is 2.71. The van der Waals surface area contributed by atoms with Crippen LogP contribution in [-0.4, -0.2) is 46.5 Å². The van der Waals surface area contributed by atoms with Crippen LogP contribution in [0.25, 0.3) is 0 Å². The van der Waals surface area contributed by atoms with Gasteiger partial charge in [0.2, 0.25) is 0 Å². The maximum atomic E-state index is 10.4. The molecule has 0 aromatic rings. The highest BCUT2D eigenvalue weighted by Crippen LogP contribution is 2.46. The van der Waals surface area contributed by atoms with Crippen molar-refractivity contribution in [2.45, 2.75) is 50.7 Å². The summed E-state index contributed by atoms with van der Waals surface area (Å²) in [6.45, 7) is 0.250. The van der Waals surface area contributed by atoms with Crippen molar-refractivity contribution in [3.8, 4) is 0 Å². The molecule has 2 bridgehead atoms. The van der Waals surface area contributed by atoms with Crippen LogP contribution in [0.3, 0.4) is 0 Å². The van der Waals surface area contributed by atoms with Crippen molar-refractivity contribution in [1.29, 1.82) is 0 Å². The normalized spacial score (nSPS) is 31.3. The molecule has 0 amide bonds. The first-order valence-corrected chi connectivity index (χ1v) is 9.08. The molecule has 0 spiro atoms. The SMILES string of the molecule is O=C(O)CCC/C=C\C[C@@H]1[C@@H](CSCCO)[C@@H]2CC[C@H]1O2. The van der Waals surface area contributed by atoms with Crippen molar-refractivity contribution in [3.63, 3.8) is 0 Å². The summed E-state index contributed by atoms with van der Waals surface area (Å²) in [7, 11) is 0. The zero-order valence-electron chi connectivity index (χ0n) is 12.4. The number of allylic oxidation sites excluding steroid dienone is 2. The first kappa shape index (κ1) is 16.8. The lowest BCUT2D eigenvalue weighted by atomic mass is 9.78. The number of rotatable bonds is 10. The first-order chi connectivity index (χ1) is 10.2. The number of carbonyl (C=O) groups is 1. The molecule has 2 fully saturated rings. The molecular weight excluding hydrogens is 288 g/mol. The van der Waals surface area contributed by atoms with E-state index in [1.165, 1.54) is 12.8 Å². The largest absolute Gasteiger partial charge is 0.481 e.